The average Bonchev–Trinajstić information content (AvgIpc) is 2.65. The molecule has 1 aliphatic rings. The molecule has 0 aromatic carbocycles. The summed E-state index contributed by atoms with van der Waals surface area (Å²) in [5.74, 6) is 1.65. The lowest BCUT2D eigenvalue weighted by atomic mass is 10.00. The molecule has 2 rings (SSSR count). The molecule has 2 heterocycles. The van der Waals surface area contributed by atoms with Crippen molar-refractivity contribution in [2.75, 3.05) is 18.4 Å². The van der Waals surface area contributed by atoms with E-state index in [9.17, 15) is 0 Å². The van der Waals surface area contributed by atoms with Crippen molar-refractivity contribution >= 4 is 23.1 Å². The van der Waals surface area contributed by atoms with Crippen LogP contribution in [0.3, 0.4) is 0 Å². The second kappa shape index (κ2) is 4.82. The predicted octanol–water partition coefficient (Wildman–Crippen LogP) is 1.85. The van der Waals surface area contributed by atoms with E-state index in [1.54, 1.807) is 4.68 Å². The van der Waals surface area contributed by atoms with Crippen LogP contribution < -0.4 is 5.32 Å². The van der Waals surface area contributed by atoms with Crippen LogP contribution in [0.4, 0.5) is 5.82 Å². The van der Waals surface area contributed by atoms with Gasteiger partial charge in [0.2, 0.25) is 0 Å². The molecular weight excluding hydrogens is 220 g/mol. The Morgan fingerprint density at radius 3 is 2.75 bits per heavy atom. The van der Waals surface area contributed by atoms with Crippen molar-refractivity contribution in [1.82, 2.24) is 14.7 Å². The van der Waals surface area contributed by atoms with E-state index >= 15 is 0 Å². The molecule has 88 valence electrons. The van der Waals surface area contributed by atoms with Crippen LogP contribution >= 0.6 is 12.2 Å². The largest absolute Gasteiger partial charge is 0.349 e. The lowest BCUT2D eigenvalue weighted by molar-refractivity contribution is 0.283. The van der Waals surface area contributed by atoms with E-state index < -0.39 is 0 Å². The summed E-state index contributed by atoms with van der Waals surface area (Å²) in [6, 6.07) is 1.93. The van der Waals surface area contributed by atoms with E-state index in [1.807, 2.05) is 19.3 Å². The zero-order chi connectivity index (χ0) is 11.5. The maximum absolute atomic E-state index is 5.37. The molecule has 0 spiro atoms. The maximum Gasteiger partial charge on any atom is 0.174 e. The third-order valence-electron chi connectivity index (χ3n) is 3.02. The quantitative estimate of drug-likeness (QED) is 0.757. The Bertz CT molecular complexity index is 366. The molecule has 0 atom stereocenters. The number of likely N-dealkylation sites (tertiary alicyclic amines) is 1. The fraction of sp³-hybridized carbons (Fsp3) is 0.636. The van der Waals surface area contributed by atoms with Gasteiger partial charge in [0, 0.05) is 32.4 Å². The fourth-order valence-corrected chi connectivity index (χ4v) is 2.17. The summed E-state index contributed by atoms with van der Waals surface area (Å²) in [5.41, 5.74) is 0. The first kappa shape index (κ1) is 11.4. The van der Waals surface area contributed by atoms with Gasteiger partial charge in [-0.25, -0.2) is 0 Å². The van der Waals surface area contributed by atoms with Gasteiger partial charge in [-0.1, -0.05) is 6.92 Å². The summed E-state index contributed by atoms with van der Waals surface area (Å²) in [4.78, 5) is 2.23. The van der Waals surface area contributed by atoms with Crippen molar-refractivity contribution in [1.29, 1.82) is 0 Å². The first-order valence-corrected chi connectivity index (χ1v) is 6.11. The van der Waals surface area contributed by atoms with Gasteiger partial charge in [0.25, 0.3) is 0 Å². The number of aryl methyl sites for hydroxylation is 1. The number of aromatic nitrogens is 2. The van der Waals surface area contributed by atoms with Crippen LogP contribution in [0.2, 0.25) is 0 Å². The highest BCUT2D eigenvalue weighted by Gasteiger charge is 2.18. The third kappa shape index (κ3) is 2.72. The number of nitrogens with zero attached hydrogens (tertiary/aromatic N) is 3. The summed E-state index contributed by atoms with van der Waals surface area (Å²) >= 11 is 5.37. The van der Waals surface area contributed by atoms with Gasteiger partial charge in [0.15, 0.2) is 10.9 Å². The second-order valence-electron chi connectivity index (χ2n) is 4.47. The number of rotatable bonds is 1. The Kier molecular flexibility index (Phi) is 3.43. The lowest BCUT2D eigenvalue weighted by Crippen LogP contribution is -2.40. The number of piperidine rings is 1. The molecule has 16 heavy (non-hydrogen) atoms. The van der Waals surface area contributed by atoms with Crippen molar-refractivity contribution < 1.29 is 0 Å². The minimum absolute atomic E-state index is 0.797. The molecule has 0 radical (unpaired) electrons. The zero-order valence-corrected chi connectivity index (χ0v) is 10.6. The molecule has 0 unspecified atom stereocenters. The predicted molar refractivity (Wildman–Crippen MR) is 69.4 cm³/mol. The molecule has 1 N–H and O–H groups in total. The van der Waals surface area contributed by atoms with Crippen LogP contribution in [-0.2, 0) is 7.05 Å². The van der Waals surface area contributed by atoms with Crippen LogP contribution in [0.1, 0.15) is 19.8 Å². The standard InChI is InChI=1S/C11H18N4S/c1-9-3-7-15(8-4-9)11(16)12-10-5-6-14(2)13-10/h5-6,9H,3-4,7-8H2,1-2H3,(H,12,13,16). The van der Waals surface area contributed by atoms with Gasteiger partial charge < -0.3 is 10.2 Å². The minimum Gasteiger partial charge on any atom is -0.349 e. The Morgan fingerprint density at radius 1 is 1.50 bits per heavy atom. The number of anilines is 1. The SMILES string of the molecule is CC1CCN(C(=S)Nc2ccn(C)n2)CC1. The van der Waals surface area contributed by atoms with E-state index in [4.69, 9.17) is 12.2 Å². The van der Waals surface area contributed by atoms with Crippen LogP contribution in [0, 0.1) is 5.92 Å². The Labute approximate surface area is 102 Å². The molecule has 1 aliphatic heterocycles. The Morgan fingerprint density at radius 2 is 2.19 bits per heavy atom. The molecular formula is C11H18N4S. The highest BCUT2D eigenvalue weighted by atomic mass is 32.1. The third-order valence-corrected chi connectivity index (χ3v) is 3.38. The van der Waals surface area contributed by atoms with Gasteiger partial charge in [-0.3, -0.25) is 4.68 Å². The van der Waals surface area contributed by atoms with Crippen molar-refractivity contribution in [3.63, 3.8) is 0 Å². The number of hydrogen-bond acceptors (Lipinski definition) is 2. The molecule has 0 saturated carbocycles. The van der Waals surface area contributed by atoms with E-state index in [-0.39, 0.29) is 0 Å². The summed E-state index contributed by atoms with van der Waals surface area (Å²) in [7, 11) is 1.90. The molecule has 4 nitrogen and oxygen atoms in total. The summed E-state index contributed by atoms with van der Waals surface area (Å²) < 4.78 is 1.77. The smallest absolute Gasteiger partial charge is 0.174 e. The van der Waals surface area contributed by atoms with Crippen molar-refractivity contribution in [2.24, 2.45) is 13.0 Å². The normalized spacial score (nSPS) is 17.5. The van der Waals surface area contributed by atoms with Gasteiger partial charge >= 0.3 is 0 Å². The summed E-state index contributed by atoms with van der Waals surface area (Å²) in [5, 5.41) is 8.22. The Hall–Kier alpha value is -1.10. The summed E-state index contributed by atoms with van der Waals surface area (Å²) in [6.07, 6.45) is 4.36. The highest BCUT2D eigenvalue weighted by Crippen LogP contribution is 2.16. The van der Waals surface area contributed by atoms with Gasteiger partial charge in [0.05, 0.1) is 0 Å². The van der Waals surface area contributed by atoms with Crippen LogP contribution in [0.25, 0.3) is 0 Å². The molecule has 1 aromatic heterocycles. The topological polar surface area (TPSA) is 33.1 Å². The molecule has 5 heteroatoms. The van der Waals surface area contributed by atoms with E-state index in [0.29, 0.717) is 0 Å². The van der Waals surface area contributed by atoms with Crippen molar-refractivity contribution in [2.45, 2.75) is 19.8 Å². The molecule has 1 saturated heterocycles. The monoisotopic (exact) mass is 238 g/mol. The minimum atomic E-state index is 0.797. The molecule has 1 fully saturated rings. The first-order valence-electron chi connectivity index (χ1n) is 5.71. The van der Waals surface area contributed by atoms with Gasteiger partial charge in [-0.15, -0.1) is 0 Å². The van der Waals surface area contributed by atoms with Gasteiger partial charge in [0.1, 0.15) is 0 Å². The van der Waals surface area contributed by atoms with E-state index in [1.165, 1.54) is 12.8 Å². The lowest BCUT2D eigenvalue weighted by Gasteiger charge is -2.32. The average molecular weight is 238 g/mol. The first-order chi connectivity index (χ1) is 7.65. The highest BCUT2D eigenvalue weighted by molar-refractivity contribution is 7.80. The summed E-state index contributed by atoms with van der Waals surface area (Å²) in [6.45, 7) is 4.41. The second-order valence-corrected chi connectivity index (χ2v) is 4.86. The van der Waals surface area contributed by atoms with Crippen LogP contribution in [0.15, 0.2) is 12.3 Å². The number of thiocarbonyl (C=S) groups is 1. The zero-order valence-electron chi connectivity index (χ0n) is 9.81. The van der Waals surface area contributed by atoms with Gasteiger partial charge in [-0.05, 0) is 31.0 Å². The number of hydrogen-bond donors (Lipinski definition) is 1. The van der Waals surface area contributed by atoms with Crippen LogP contribution in [-0.4, -0.2) is 32.9 Å². The molecule has 0 amide bonds. The van der Waals surface area contributed by atoms with E-state index in [2.05, 4.69) is 22.2 Å². The van der Waals surface area contributed by atoms with Gasteiger partial charge in [-0.2, -0.15) is 5.10 Å². The van der Waals surface area contributed by atoms with E-state index in [0.717, 1.165) is 29.9 Å². The van der Waals surface area contributed by atoms with Crippen molar-refractivity contribution in [3.05, 3.63) is 12.3 Å². The Balaban J connectivity index is 1.88. The molecule has 0 bridgehead atoms. The van der Waals surface area contributed by atoms with Crippen LogP contribution in [0.5, 0.6) is 0 Å². The number of nitrogens with one attached hydrogen (secondary N) is 1. The van der Waals surface area contributed by atoms with Crippen molar-refractivity contribution in [3.8, 4) is 0 Å². The fourth-order valence-electron chi connectivity index (χ4n) is 1.88. The maximum atomic E-state index is 5.37. The molecule has 0 aliphatic carbocycles. The molecule has 1 aromatic rings.